The molecule has 0 bridgehead atoms. The second-order valence-electron chi connectivity index (χ2n) is 5.14. The molecule has 20 heavy (non-hydrogen) atoms. The van der Waals surface area contributed by atoms with Crippen LogP contribution in [0.5, 0.6) is 5.75 Å². The van der Waals surface area contributed by atoms with Crippen LogP contribution in [0.1, 0.15) is 22.8 Å². The fraction of sp³-hybridized carbons (Fsp3) is 0.250. The summed E-state index contributed by atoms with van der Waals surface area (Å²) in [5.41, 5.74) is 5.23. The average Bonchev–Trinajstić information content (AvgIpc) is 2.69. The number of hydrogen-bond donors (Lipinski definition) is 1. The number of fused-ring (bicyclic) bond motifs is 1. The van der Waals surface area contributed by atoms with Crippen molar-refractivity contribution in [2.45, 2.75) is 27.7 Å². The molecule has 1 aromatic carbocycles. The Morgan fingerprint density at radius 1 is 0.800 bits per heavy atom. The van der Waals surface area contributed by atoms with Crippen molar-refractivity contribution in [3.8, 4) is 11.4 Å². The van der Waals surface area contributed by atoms with E-state index in [0.717, 1.165) is 28.5 Å². The zero-order valence-corrected chi connectivity index (χ0v) is 12.1. The molecule has 0 saturated heterocycles. The maximum Gasteiger partial charge on any atom is 0.115 e. The van der Waals surface area contributed by atoms with E-state index in [-0.39, 0.29) is 5.75 Å². The third kappa shape index (κ3) is 1.68. The van der Waals surface area contributed by atoms with Gasteiger partial charge in [-0.3, -0.25) is 0 Å². The number of phenolic OH excluding ortho intramolecular Hbond substituents is 1. The van der Waals surface area contributed by atoms with E-state index in [2.05, 4.69) is 28.6 Å². The van der Waals surface area contributed by atoms with Crippen molar-refractivity contribution in [2.75, 3.05) is 0 Å². The van der Waals surface area contributed by atoms with Gasteiger partial charge >= 0.3 is 0 Å². The van der Waals surface area contributed by atoms with Gasteiger partial charge in [0.25, 0.3) is 0 Å². The molecule has 0 unspecified atom stereocenters. The lowest BCUT2D eigenvalue weighted by atomic mass is 10.1. The summed E-state index contributed by atoms with van der Waals surface area (Å²) in [6.45, 7) is 8.16. The average molecular weight is 267 g/mol. The first-order chi connectivity index (χ1) is 9.50. The van der Waals surface area contributed by atoms with Crippen LogP contribution in [0.3, 0.4) is 0 Å². The Bertz CT molecular complexity index is 756. The van der Waals surface area contributed by atoms with Crippen LogP contribution in [0.15, 0.2) is 24.3 Å². The van der Waals surface area contributed by atoms with E-state index in [1.807, 2.05) is 26.0 Å². The first-order valence-corrected chi connectivity index (χ1v) is 6.61. The predicted octanol–water partition coefficient (Wildman–Crippen LogP) is 3.36. The summed E-state index contributed by atoms with van der Waals surface area (Å²) in [5.74, 6) is 0.275. The highest BCUT2D eigenvalue weighted by atomic mass is 16.3. The third-order valence-corrected chi connectivity index (χ3v) is 3.83. The molecule has 2 heterocycles. The van der Waals surface area contributed by atoms with Crippen LogP contribution in [-0.2, 0) is 0 Å². The lowest BCUT2D eigenvalue weighted by Gasteiger charge is -2.09. The molecule has 2 aromatic heterocycles. The zero-order chi connectivity index (χ0) is 14.4. The molecule has 3 aromatic rings. The molecule has 0 fully saturated rings. The smallest absolute Gasteiger partial charge is 0.115 e. The Hall–Kier alpha value is -2.36. The molecule has 3 rings (SSSR count). The van der Waals surface area contributed by atoms with E-state index in [0.29, 0.717) is 0 Å². The largest absolute Gasteiger partial charge is 0.508 e. The number of aryl methyl sites for hydroxylation is 4. The Labute approximate surface area is 117 Å². The van der Waals surface area contributed by atoms with Crippen molar-refractivity contribution in [2.24, 2.45) is 0 Å². The normalized spacial score (nSPS) is 11.2. The Balaban J connectivity index is 2.40. The van der Waals surface area contributed by atoms with Gasteiger partial charge in [0.15, 0.2) is 0 Å². The molecule has 0 saturated carbocycles. The van der Waals surface area contributed by atoms with E-state index >= 15 is 0 Å². The van der Waals surface area contributed by atoms with Crippen LogP contribution >= 0.6 is 0 Å². The lowest BCUT2D eigenvalue weighted by Crippen LogP contribution is -1.98. The standard InChI is InChI=1S/C16H17N3O/c1-9-15-11(3)19(13-5-7-14(20)8-6-13)12(4)16(15)10(2)18-17-9/h5-8,20H,1-4H3. The monoisotopic (exact) mass is 267 g/mol. The highest BCUT2D eigenvalue weighted by molar-refractivity contribution is 5.92. The first-order valence-electron chi connectivity index (χ1n) is 6.61. The maximum absolute atomic E-state index is 9.44. The maximum atomic E-state index is 9.44. The van der Waals surface area contributed by atoms with E-state index < -0.39 is 0 Å². The van der Waals surface area contributed by atoms with Gasteiger partial charge in [0.2, 0.25) is 0 Å². The van der Waals surface area contributed by atoms with Crippen molar-refractivity contribution in [1.29, 1.82) is 0 Å². The number of nitrogens with zero attached hydrogens (tertiary/aromatic N) is 3. The zero-order valence-electron chi connectivity index (χ0n) is 12.1. The molecule has 0 amide bonds. The van der Waals surface area contributed by atoms with Crippen molar-refractivity contribution >= 4 is 10.8 Å². The molecule has 0 radical (unpaired) electrons. The molecular weight excluding hydrogens is 250 g/mol. The van der Waals surface area contributed by atoms with Gasteiger partial charge < -0.3 is 9.67 Å². The van der Waals surface area contributed by atoms with Gasteiger partial charge in [-0.1, -0.05) is 0 Å². The second-order valence-corrected chi connectivity index (χ2v) is 5.14. The second kappa shape index (κ2) is 4.34. The first kappa shape index (κ1) is 12.7. The van der Waals surface area contributed by atoms with Crippen molar-refractivity contribution < 1.29 is 5.11 Å². The summed E-state index contributed by atoms with van der Waals surface area (Å²) in [6, 6.07) is 7.24. The number of benzene rings is 1. The van der Waals surface area contributed by atoms with Gasteiger partial charge in [0, 0.05) is 27.8 Å². The van der Waals surface area contributed by atoms with E-state index in [1.165, 1.54) is 10.8 Å². The Kier molecular flexibility index (Phi) is 2.74. The molecule has 4 nitrogen and oxygen atoms in total. The van der Waals surface area contributed by atoms with Gasteiger partial charge in [-0.25, -0.2) is 0 Å². The van der Waals surface area contributed by atoms with Crippen LogP contribution in [0, 0.1) is 27.7 Å². The number of aromatic nitrogens is 3. The fourth-order valence-electron chi connectivity index (χ4n) is 2.96. The molecular formula is C16H17N3O. The van der Waals surface area contributed by atoms with Crippen molar-refractivity contribution in [3.05, 3.63) is 47.0 Å². The highest BCUT2D eigenvalue weighted by Crippen LogP contribution is 2.31. The number of phenols is 1. The minimum atomic E-state index is 0.275. The minimum absolute atomic E-state index is 0.275. The molecule has 1 N–H and O–H groups in total. The van der Waals surface area contributed by atoms with E-state index in [4.69, 9.17) is 0 Å². The van der Waals surface area contributed by atoms with Gasteiger partial charge in [-0.15, -0.1) is 0 Å². The summed E-state index contributed by atoms with van der Waals surface area (Å²) in [7, 11) is 0. The number of rotatable bonds is 1. The molecule has 0 atom stereocenters. The fourth-order valence-corrected chi connectivity index (χ4v) is 2.96. The van der Waals surface area contributed by atoms with Crippen LogP contribution in [-0.4, -0.2) is 19.9 Å². The molecule has 102 valence electrons. The third-order valence-electron chi connectivity index (χ3n) is 3.83. The van der Waals surface area contributed by atoms with E-state index in [1.54, 1.807) is 12.1 Å². The summed E-state index contributed by atoms with van der Waals surface area (Å²) < 4.78 is 2.19. The topological polar surface area (TPSA) is 50.9 Å². The van der Waals surface area contributed by atoms with Crippen molar-refractivity contribution in [1.82, 2.24) is 14.8 Å². The Morgan fingerprint density at radius 2 is 1.25 bits per heavy atom. The highest BCUT2D eigenvalue weighted by Gasteiger charge is 2.17. The van der Waals surface area contributed by atoms with Crippen LogP contribution in [0.25, 0.3) is 16.5 Å². The van der Waals surface area contributed by atoms with E-state index in [9.17, 15) is 5.11 Å². The molecule has 0 spiro atoms. The molecule has 0 aliphatic rings. The predicted molar refractivity (Wildman–Crippen MR) is 79.5 cm³/mol. The summed E-state index contributed by atoms with van der Waals surface area (Å²) in [4.78, 5) is 0. The van der Waals surface area contributed by atoms with Crippen molar-refractivity contribution in [3.63, 3.8) is 0 Å². The molecule has 0 aliphatic heterocycles. The number of aromatic hydroxyl groups is 1. The summed E-state index contributed by atoms with van der Waals surface area (Å²) in [6.07, 6.45) is 0. The quantitative estimate of drug-likeness (QED) is 0.735. The SMILES string of the molecule is Cc1nnc(C)c2c(C)n(-c3ccc(O)cc3)c(C)c12. The van der Waals surface area contributed by atoms with Gasteiger partial charge in [-0.05, 0) is 52.0 Å². The van der Waals surface area contributed by atoms with Gasteiger partial charge in [-0.2, -0.15) is 10.2 Å². The molecule has 0 aliphatic carbocycles. The van der Waals surface area contributed by atoms with Crippen LogP contribution in [0.2, 0.25) is 0 Å². The van der Waals surface area contributed by atoms with Gasteiger partial charge in [0.1, 0.15) is 5.75 Å². The van der Waals surface area contributed by atoms with Crippen LogP contribution in [0.4, 0.5) is 0 Å². The summed E-state index contributed by atoms with van der Waals surface area (Å²) in [5, 5.41) is 20.2. The number of hydrogen-bond acceptors (Lipinski definition) is 3. The van der Waals surface area contributed by atoms with Gasteiger partial charge in [0.05, 0.1) is 11.4 Å². The molecule has 4 heteroatoms. The Morgan fingerprint density at radius 3 is 1.70 bits per heavy atom. The summed E-state index contributed by atoms with van der Waals surface area (Å²) >= 11 is 0. The van der Waals surface area contributed by atoms with Crippen LogP contribution < -0.4 is 0 Å². The lowest BCUT2D eigenvalue weighted by molar-refractivity contribution is 0.475. The minimum Gasteiger partial charge on any atom is -0.508 e.